The Morgan fingerprint density at radius 1 is 0.771 bits per heavy atom. The van der Waals surface area contributed by atoms with Gasteiger partial charge < -0.3 is 10.6 Å². The van der Waals surface area contributed by atoms with Crippen molar-refractivity contribution < 1.29 is 9.59 Å². The van der Waals surface area contributed by atoms with E-state index in [1.807, 2.05) is 40.1 Å². The molecule has 5 rings (SSSR count). The monoisotopic (exact) mass is 468 g/mol. The van der Waals surface area contributed by atoms with Crippen LogP contribution in [0.2, 0.25) is 0 Å². The van der Waals surface area contributed by atoms with Crippen LogP contribution in [0.4, 0.5) is 0 Å². The number of nitrogens with two attached hydrogens (primary N) is 1. The highest BCUT2D eigenvalue weighted by Gasteiger charge is 2.33. The molecule has 6 nitrogen and oxygen atoms in total. The number of hydrogen-bond donors (Lipinski definition) is 1. The predicted octanol–water partition coefficient (Wildman–Crippen LogP) is 2.83. The highest BCUT2D eigenvalue weighted by Crippen LogP contribution is 2.29. The van der Waals surface area contributed by atoms with Crippen molar-refractivity contribution >= 4 is 11.8 Å². The molecule has 2 aliphatic heterocycles. The Labute approximate surface area is 206 Å². The highest BCUT2D eigenvalue weighted by atomic mass is 16.2. The van der Waals surface area contributed by atoms with E-state index in [9.17, 15) is 9.59 Å². The summed E-state index contributed by atoms with van der Waals surface area (Å²) in [5, 5.41) is 0. The summed E-state index contributed by atoms with van der Waals surface area (Å²) in [6.07, 6.45) is 0.558. The molecular formula is C29H32N4O2. The Bertz CT molecular complexity index is 1120. The quantitative estimate of drug-likeness (QED) is 0.604. The second-order valence-electron chi connectivity index (χ2n) is 9.44. The van der Waals surface area contributed by atoms with Gasteiger partial charge in [-0.25, -0.2) is 0 Å². The van der Waals surface area contributed by atoms with Crippen molar-refractivity contribution in [1.29, 1.82) is 0 Å². The van der Waals surface area contributed by atoms with E-state index in [1.54, 1.807) is 0 Å². The summed E-state index contributed by atoms with van der Waals surface area (Å²) in [6, 6.07) is 28.9. The van der Waals surface area contributed by atoms with Gasteiger partial charge in [0.05, 0.1) is 18.6 Å². The van der Waals surface area contributed by atoms with Gasteiger partial charge in [-0.15, -0.1) is 0 Å². The van der Waals surface area contributed by atoms with Gasteiger partial charge in [-0.2, -0.15) is 0 Å². The van der Waals surface area contributed by atoms with Crippen LogP contribution in [0.25, 0.3) is 0 Å². The van der Waals surface area contributed by atoms with Crippen molar-refractivity contribution in [3.8, 4) is 0 Å². The third-order valence-electron chi connectivity index (χ3n) is 7.28. The number of nitrogens with zero attached hydrogens (tertiary/aromatic N) is 3. The molecule has 3 aromatic carbocycles. The lowest BCUT2D eigenvalue weighted by Crippen LogP contribution is -2.55. The van der Waals surface area contributed by atoms with Crippen molar-refractivity contribution in [1.82, 2.24) is 14.7 Å². The Kier molecular flexibility index (Phi) is 6.93. The molecule has 0 saturated carbocycles. The molecule has 2 heterocycles. The Balaban J connectivity index is 1.26. The molecule has 2 aliphatic rings. The highest BCUT2D eigenvalue weighted by molar-refractivity contribution is 5.83. The van der Waals surface area contributed by atoms with E-state index >= 15 is 0 Å². The molecule has 0 aromatic heterocycles. The van der Waals surface area contributed by atoms with E-state index in [4.69, 9.17) is 5.73 Å². The van der Waals surface area contributed by atoms with Crippen LogP contribution in [0.5, 0.6) is 0 Å². The first-order valence-electron chi connectivity index (χ1n) is 12.3. The molecule has 0 unspecified atom stereocenters. The number of amides is 2. The third-order valence-corrected chi connectivity index (χ3v) is 7.28. The minimum atomic E-state index is -0.448. The van der Waals surface area contributed by atoms with Crippen molar-refractivity contribution in [2.45, 2.75) is 25.0 Å². The Morgan fingerprint density at radius 3 is 1.89 bits per heavy atom. The fourth-order valence-corrected chi connectivity index (χ4v) is 5.41. The number of primary amides is 1. The van der Waals surface area contributed by atoms with E-state index in [-0.39, 0.29) is 24.4 Å². The maximum atomic E-state index is 13.3. The zero-order chi connectivity index (χ0) is 24.2. The fraction of sp³-hybridized carbons (Fsp3) is 0.310. The summed E-state index contributed by atoms with van der Waals surface area (Å²) >= 11 is 0. The van der Waals surface area contributed by atoms with Crippen molar-refractivity contribution in [2.75, 3.05) is 32.7 Å². The first-order chi connectivity index (χ1) is 17.1. The van der Waals surface area contributed by atoms with Gasteiger partial charge in [-0.05, 0) is 28.7 Å². The van der Waals surface area contributed by atoms with Crippen LogP contribution in [-0.2, 0) is 22.6 Å². The lowest BCUT2D eigenvalue weighted by molar-refractivity contribution is -0.136. The maximum absolute atomic E-state index is 13.3. The van der Waals surface area contributed by atoms with Gasteiger partial charge in [0, 0.05) is 32.7 Å². The molecule has 2 amide bonds. The smallest absolute Gasteiger partial charge is 0.236 e. The number of carbonyl (C=O) groups excluding carboxylic acids is 2. The van der Waals surface area contributed by atoms with E-state index in [2.05, 4.69) is 59.5 Å². The van der Waals surface area contributed by atoms with Gasteiger partial charge >= 0.3 is 0 Å². The molecule has 1 fully saturated rings. The second-order valence-corrected chi connectivity index (χ2v) is 9.44. The van der Waals surface area contributed by atoms with Gasteiger partial charge in [0.25, 0.3) is 0 Å². The lowest BCUT2D eigenvalue weighted by atomic mass is 9.93. The topological polar surface area (TPSA) is 69.9 Å². The van der Waals surface area contributed by atoms with Crippen LogP contribution in [0.1, 0.15) is 28.3 Å². The van der Waals surface area contributed by atoms with Crippen molar-refractivity contribution in [3.63, 3.8) is 0 Å². The molecule has 1 atom stereocenters. The molecule has 2 N–H and O–H groups in total. The maximum Gasteiger partial charge on any atom is 0.236 e. The number of benzene rings is 3. The minimum absolute atomic E-state index is 0.0613. The SMILES string of the molecule is NC(=O)[C@@H]1Cc2ccccc2CN1CC(=O)N1CCN(C(c2ccccc2)c2ccccc2)CC1. The standard InChI is InChI=1S/C29H32N4O2/c30-29(35)26-19-24-13-7-8-14-25(24)20-33(26)21-27(34)31-15-17-32(18-16-31)28(22-9-3-1-4-10-22)23-11-5-2-6-12-23/h1-14,26,28H,15-21H2,(H2,30,35)/t26-/m0/s1. The third kappa shape index (κ3) is 5.14. The zero-order valence-electron chi connectivity index (χ0n) is 19.9. The van der Waals surface area contributed by atoms with Crippen LogP contribution in [-0.4, -0.2) is 65.3 Å². The van der Waals surface area contributed by atoms with Crippen molar-refractivity contribution in [2.24, 2.45) is 5.73 Å². The molecule has 3 aromatic rings. The summed E-state index contributed by atoms with van der Waals surface area (Å²) < 4.78 is 0. The molecule has 0 spiro atoms. The summed E-state index contributed by atoms with van der Waals surface area (Å²) in [6.45, 7) is 3.70. The van der Waals surface area contributed by atoms with Gasteiger partial charge in [0.15, 0.2) is 0 Å². The number of carbonyl (C=O) groups is 2. The van der Waals surface area contributed by atoms with Crippen molar-refractivity contribution in [3.05, 3.63) is 107 Å². The summed E-state index contributed by atoms with van der Waals surface area (Å²) in [5.41, 5.74) is 10.5. The summed E-state index contributed by atoms with van der Waals surface area (Å²) in [4.78, 5) is 31.8. The number of piperazine rings is 1. The van der Waals surface area contributed by atoms with Gasteiger partial charge in [0.1, 0.15) is 0 Å². The lowest BCUT2D eigenvalue weighted by Gasteiger charge is -2.41. The minimum Gasteiger partial charge on any atom is -0.368 e. The largest absolute Gasteiger partial charge is 0.368 e. The number of rotatable bonds is 6. The predicted molar refractivity (Wildman–Crippen MR) is 136 cm³/mol. The number of fused-ring (bicyclic) bond motifs is 1. The molecule has 35 heavy (non-hydrogen) atoms. The van der Waals surface area contributed by atoms with Crippen LogP contribution in [0, 0.1) is 0 Å². The van der Waals surface area contributed by atoms with E-state index in [0.29, 0.717) is 26.1 Å². The molecule has 180 valence electrons. The molecule has 0 radical (unpaired) electrons. The van der Waals surface area contributed by atoms with E-state index in [1.165, 1.54) is 11.1 Å². The second kappa shape index (κ2) is 10.4. The Hall–Kier alpha value is -3.48. The average molecular weight is 469 g/mol. The average Bonchev–Trinajstić information content (AvgIpc) is 2.90. The Morgan fingerprint density at radius 2 is 1.31 bits per heavy atom. The first kappa shape index (κ1) is 23.3. The first-order valence-corrected chi connectivity index (χ1v) is 12.3. The van der Waals surface area contributed by atoms with Gasteiger partial charge in [-0.1, -0.05) is 84.9 Å². The molecule has 1 saturated heterocycles. The van der Waals surface area contributed by atoms with Crippen LogP contribution in [0.3, 0.4) is 0 Å². The molecule has 0 aliphatic carbocycles. The molecule has 6 heteroatoms. The summed E-state index contributed by atoms with van der Waals surface area (Å²) in [5.74, 6) is -0.308. The number of hydrogen-bond acceptors (Lipinski definition) is 4. The normalized spacial score (nSPS) is 18.9. The van der Waals surface area contributed by atoms with E-state index < -0.39 is 6.04 Å². The van der Waals surface area contributed by atoms with Crippen LogP contribution >= 0.6 is 0 Å². The van der Waals surface area contributed by atoms with Gasteiger partial charge in [-0.3, -0.25) is 19.4 Å². The zero-order valence-corrected chi connectivity index (χ0v) is 19.9. The molecular weight excluding hydrogens is 436 g/mol. The van der Waals surface area contributed by atoms with E-state index in [0.717, 1.165) is 24.2 Å². The fourth-order valence-electron chi connectivity index (χ4n) is 5.41. The van der Waals surface area contributed by atoms with Crippen LogP contribution in [0.15, 0.2) is 84.9 Å². The molecule has 0 bridgehead atoms. The summed E-state index contributed by atoms with van der Waals surface area (Å²) in [7, 11) is 0. The van der Waals surface area contributed by atoms with Crippen LogP contribution < -0.4 is 5.73 Å². The van der Waals surface area contributed by atoms with Gasteiger partial charge in [0.2, 0.25) is 11.8 Å².